The molecule has 15 heavy (non-hydrogen) atoms. The van der Waals surface area contributed by atoms with Crippen LogP contribution < -0.4 is 10.6 Å². The summed E-state index contributed by atoms with van der Waals surface area (Å²) >= 11 is 0. The zero-order valence-electron chi connectivity index (χ0n) is 8.55. The molecule has 1 amide bonds. The fraction of sp³-hybridized carbons (Fsp3) is 0.417. The monoisotopic (exact) mass is 202 g/mol. The molecule has 1 aromatic carbocycles. The molecule has 78 valence electrons. The van der Waals surface area contributed by atoms with E-state index in [4.69, 9.17) is 0 Å². The fourth-order valence-electron chi connectivity index (χ4n) is 2.70. The lowest BCUT2D eigenvalue weighted by Gasteiger charge is -2.31. The lowest BCUT2D eigenvalue weighted by molar-refractivity contribution is -0.121. The summed E-state index contributed by atoms with van der Waals surface area (Å²) in [4.78, 5) is 12.1. The van der Waals surface area contributed by atoms with E-state index in [1.165, 1.54) is 5.56 Å². The van der Waals surface area contributed by atoms with Crippen molar-refractivity contribution < 1.29 is 4.79 Å². The van der Waals surface area contributed by atoms with Gasteiger partial charge in [0.1, 0.15) is 0 Å². The highest BCUT2D eigenvalue weighted by Crippen LogP contribution is 2.41. The minimum absolute atomic E-state index is 0.163. The second kappa shape index (κ2) is 3.07. The minimum Gasteiger partial charge on any atom is -0.325 e. The van der Waals surface area contributed by atoms with Crippen molar-refractivity contribution in [2.45, 2.75) is 18.3 Å². The van der Waals surface area contributed by atoms with Crippen LogP contribution in [0.5, 0.6) is 0 Å². The van der Waals surface area contributed by atoms with E-state index in [1.807, 2.05) is 18.2 Å². The fourth-order valence-corrected chi connectivity index (χ4v) is 2.70. The molecule has 0 aromatic heterocycles. The molecule has 3 rings (SSSR count). The number of nitrogens with one attached hydrogen (secondary N) is 2. The second-order valence-electron chi connectivity index (χ2n) is 4.36. The smallest absolute Gasteiger partial charge is 0.236 e. The van der Waals surface area contributed by atoms with Gasteiger partial charge in [0, 0.05) is 12.2 Å². The Morgan fingerprint density at radius 3 is 2.93 bits per heavy atom. The molecular weight excluding hydrogens is 188 g/mol. The van der Waals surface area contributed by atoms with Crippen molar-refractivity contribution in [3.8, 4) is 0 Å². The van der Waals surface area contributed by atoms with E-state index >= 15 is 0 Å². The van der Waals surface area contributed by atoms with Gasteiger partial charge in [-0.1, -0.05) is 18.2 Å². The molecule has 3 nitrogen and oxygen atoms in total. The number of hydrogen-bond donors (Lipinski definition) is 2. The summed E-state index contributed by atoms with van der Waals surface area (Å²) in [6, 6.07) is 8.03. The van der Waals surface area contributed by atoms with Gasteiger partial charge in [-0.05, 0) is 31.0 Å². The summed E-state index contributed by atoms with van der Waals surface area (Å²) in [6.07, 6.45) is 2.03. The van der Waals surface area contributed by atoms with Crippen molar-refractivity contribution in [1.82, 2.24) is 5.32 Å². The van der Waals surface area contributed by atoms with Crippen LogP contribution in [0.3, 0.4) is 0 Å². The Morgan fingerprint density at radius 2 is 2.13 bits per heavy atom. The van der Waals surface area contributed by atoms with E-state index in [-0.39, 0.29) is 11.3 Å². The number of anilines is 1. The number of piperidine rings is 1. The van der Waals surface area contributed by atoms with Gasteiger partial charge in [0.05, 0.1) is 5.41 Å². The van der Waals surface area contributed by atoms with Crippen molar-refractivity contribution in [3.05, 3.63) is 29.8 Å². The van der Waals surface area contributed by atoms with Crippen molar-refractivity contribution in [2.75, 3.05) is 18.4 Å². The summed E-state index contributed by atoms with van der Waals surface area (Å²) in [7, 11) is 0. The van der Waals surface area contributed by atoms with E-state index < -0.39 is 0 Å². The third kappa shape index (κ3) is 1.13. The molecule has 1 saturated heterocycles. The molecule has 1 atom stereocenters. The zero-order chi connectivity index (χ0) is 10.3. The molecule has 0 saturated carbocycles. The molecule has 0 aliphatic carbocycles. The molecule has 1 aromatic rings. The lowest BCUT2D eigenvalue weighted by Crippen LogP contribution is -2.47. The van der Waals surface area contributed by atoms with Crippen molar-refractivity contribution >= 4 is 11.6 Å². The molecule has 3 heteroatoms. The molecule has 2 aliphatic heterocycles. The number of benzene rings is 1. The summed E-state index contributed by atoms with van der Waals surface area (Å²) in [5.74, 6) is 0.163. The van der Waals surface area contributed by atoms with Crippen LogP contribution in [0.15, 0.2) is 24.3 Å². The van der Waals surface area contributed by atoms with Gasteiger partial charge < -0.3 is 10.6 Å². The SMILES string of the molecule is O=C1Nc2ccccc2[C@@]12CCCNC2. The van der Waals surface area contributed by atoms with Gasteiger partial charge >= 0.3 is 0 Å². The van der Waals surface area contributed by atoms with E-state index in [0.717, 1.165) is 31.6 Å². The predicted octanol–water partition coefficient (Wildman–Crippen LogP) is 1.26. The van der Waals surface area contributed by atoms with Crippen LogP contribution in [0.1, 0.15) is 18.4 Å². The van der Waals surface area contributed by atoms with Crippen LogP contribution in [-0.2, 0) is 10.2 Å². The summed E-state index contributed by atoms with van der Waals surface area (Å²) in [6.45, 7) is 1.80. The summed E-state index contributed by atoms with van der Waals surface area (Å²) in [5, 5.41) is 6.31. The Bertz CT molecular complexity index is 408. The number of rotatable bonds is 0. The second-order valence-corrected chi connectivity index (χ2v) is 4.36. The van der Waals surface area contributed by atoms with Crippen LogP contribution in [0.4, 0.5) is 5.69 Å². The highest BCUT2D eigenvalue weighted by atomic mass is 16.2. The minimum atomic E-state index is -0.297. The van der Waals surface area contributed by atoms with Crippen LogP contribution in [-0.4, -0.2) is 19.0 Å². The highest BCUT2D eigenvalue weighted by molar-refractivity contribution is 6.06. The quantitative estimate of drug-likeness (QED) is 0.665. The first-order chi connectivity index (χ1) is 7.33. The number of para-hydroxylation sites is 1. The molecule has 0 unspecified atom stereocenters. The van der Waals surface area contributed by atoms with E-state index in [1.54, 1.807) is 0 Å². The molecule has 2 aliphatic rings. The summed E-state index contributed by atoms with van der Waals surface area (Å²) < 4.78 is 0. The van der Waals surface area contributed by atoms with Crippen LogP contribution in [0.2, 0.25) is 0 Å². The highest BCUT2D eigenvalue weighted by Gasteiger charge is 2.46. The molecule has 2 N–H and O–H groups in total. The molecule has 0 radical (unpaired) electrons. The van der Waals surface area contributed by atoms with Gasteiger partial charge in [0.15, 0.2) is 0 Å². The van der Waals surface area contributed by atoms with Gasteiger partial charge in [-0.15, -0.1) is 0 Å². The Balaban J connectivity index is 2.11. The average Bonchev–Trinajstić information content (AvgIpc) is 2.55. The first-order valence-corrected chi connectivity index (χ1v) is 5.45. The molecular formula is C12H14N2O. The number of amides is 1. The molecule has 2 heterocycles. The van der Waals surface area contributed by atoms with Gasteiger partial charge in [-0.3, -0.25) is 4.79 Å². The number of carbonyl (C=O) groups is 1. The first kappa shape index (κ1) is 8.92. The molecule has 1 spiro atoms. The molecule has 0 bridgehead atoms. The Hall–Kier alpha value is -1.35. The van der Waals surface area contributed by atoms with E-state index in [9.17, 15) is 4.79 Å². The largest absolute Gasteiger partial charge is 0.325 e. The maximum absolute atomic E-state index is 12.1. The zero-order valence-corrected chi connectivity index (χ0v) is 8.55. The van der Waals surface area contributed by atoms with Crippen LogP contribution in [0.25, 0.3) is 0 Å². The van der Waals surface area contributed by atoms with Crippen molar-refractivity contribution in [3.63, 3.8) is 0 Å². The molecule has 1 fully saturated rings. The van der Waals surface area contributed by atoms with Crippen molar-refractivity contribution in [1.29, 1.82) is 0 Å². The van der Waals surface area contributed by atoms with E-state index in [0.29, 0.717) is 0 Å². The van der Waals surface area contributed by atoms with Gasteiger partial charge in [0.2, 0.25) is 5.91 Å². The average molecular weight is 202 g/mol. The normalized spacial score (nSPS) is 28.9. The standard InChI is InChI=1S/C12H14N2O/c15-11-12(6-3-7-13-8-12)9-4-1-2-5-10(9)14-11/h1-2,4-5,13H,3,6-8H2,(H,14,15)/t12-/m0/s1. The predicted molar refractivity (Wildman–Crippen MR) is 58.9 cm³/mol. The van der Waals surface area contributed by atoms with Crippen molar-refractivity contribution in [2.24, 2.45) is 0 Å². The number of hydrogen-bond acceptors (Lipinski definition) is 2. The first-order valence-electron chi connectivity index (χ1n) is 5.45. The van der Waals surface area contributed by atoms with Gasteiger partial charge in [-0.25, -0.2) is 0 Å². The summed E-state index contributed by atoms with van der Waals surface area (Å²) in [5.41, 5.74) is 1.86. The van der Waals surface area contributed by atoms with E-state index in [2.05, 4.69) is 16.7 Å². The van der Waals surface area contributed by atoms with Crippen LogP contribution in [0, 0.1) is 0 Å². The van der Waals surface area contributed by atoms with Crippen LogP contribution >= 0.6 is 0 Å². The maximum Gasteiger partial charge on any atom is 0.236 e. The lowest BCUT2D eigenvalue weighted by atomic mass is 9.76. The van der Waals surface area contributed by atoms with Gasteiger partial charge in [-0.2, -0.15) is 0 Å². The number of carbonyl (C=O) groups excluding carboxylic acids is 1. The third-order valence-corrected chi connectivity index (χ3v) is 3.51. The third-order valence-electron chi connectivity index (χ3n) is 3.51. The Labute approximate surface area is 88.9 Å². The number of fused-ring (bicyclic) bond motifs is 2. The maximum atomic E-state index is 12.1. The Morgan fingerprint density at radius 1 is 1.27 bits per heavy atom. The topological polar surface area (TPSA) is 41.1 Å². The Kier molecular flexibility index (Phi) is 1.83. The van der Waals surface area contributed by atoms with Gasteiger partial charge in [0.25, 0.3) is 0 Å².